The number of amides is 1. The van der Waals surface area contributed by atoms with Crippen molar-refractivity contribution in [2.75, 3.05) is 13.1 Å². The fourth-order valence-electron chi connectivity index (χ4n) is 3.59. The summed E-state index contributed by atoms with van der Waals surface area (Å²) in [6.45, 7) is 1.28. The van der Waals surface area contributed by atoms with Crippen LogP contribution in [0.25, 0.3) is 10.8 Å². The lowest BCUT2D eigenvalue weighted by Crippen LogP contribution is -2.38. The third kappa shape index (κ3) is 2.94. The number of phenolic OH excluding ortho intramolecular Hbond substituents is 1. The van der Waals surface area contributed by atoms with Gasteiger partial charge in [0.1, 0.15) is 5.75 Å². The van der Waals surface area contributed by atoms with Gasteiger partial charge in [0.15, 0.2) is 5.69 Å². The van der Waals surface area contributed by atoms with E-state index in [1.807, 2.05) is 12.1 Å². The number of nitrogens with one attached hydrogen (secondary N) is 1. The first-order valence-electron chi connectivity index (χ1n) is 8.69. The van der Waals surface area contributed by atoms with Gasteiger partial charge in [-0.05, 0) is 42.5 Å². The van der Waals surface area contributed by atoms with E-state index in [0.717, 1.165) is 12.8 Å². The van der Waals surface area contributed by atoms with Crippen LogP contribution < -0.4 is 5.56 Å². The van der Waals surface area contributed by atoms with Crippen LogP contribution in [0.4, 0.5) is 0 Å². The molecule has 0 atom stereocenters. The largest absolute Gasteiger partial charge is 0.508 e. The van der Waals surface area contributed by atoms with Crippen molar-refractivity contribution in [3.8, 4) is 5.75 Å². The molecular formula is C20H19N3O3. The molecule has 0 bridgehead atoms. The molecule has 1 saturated heterocycles. The summed E-state index contributed by atoms with van der Waals surface area (Å²) in [5.41, 5.74) is 1.19. The Morgan fingerprint density at radius 1 is 1.04 bits per heavy atom. The molecule has 4 rings (SSSR count). The molecule has 3 aromatic rings. The minimum absolute atomic E-state index is 0.151. The Morgan fingerprint density at radius 2 is 1.69 bits per heavy atom. The van der Waals surface area contributed by atoms with Crippen LogP contribution in [0.2, 0.25) is 0 Å². The number of benzene rings is 2. The van der Waals surface area contributed by atoms with E-state index >= 15 is 0 Å². The molecule has 1 aromatic heterocycles. The second-order valence-electron chi connectivity index (χ2n) is 6.60. The molecule has 2 heterocycles. The van der Waals surface area contributed by atoms with Crippen molar-refractivity contribution in [2.24, 2.45) is 0 Å². The molecule has 0 saturated carbocycles. The van der Waals surface area contributed by atoms with Gasteiger partial charge in [0.2, 0.25) is 0 Å². The zero-order chi connectivity index (χ0) is 18.1. The number of carbonyl (C=O) groups excluding carboxylic acids is 1. The first-order chi connectivity index (χ1) is 12.6. The second-order valence-corrected chi connectivity index (χ2v) is 6.60. The number of aromatic nitrogens is 2. The molecule has 1 amide bonds. The van der Waals surface area contributed by atoms with Crippen LogP contribution in [0.15, 0.2) is 53.3 Å². The maximum absolute atomic E-state index is 12.9. The van der Waals surface area contributed by atoms with Crippen LogP contribution in [0.3, 0.4) is 0 Å². The Bertz CT molecular complexity index is 1000. The SMILES string of the molecule is O=C(c1n[nH]c(=O)c2ccccc12)N1CCC(c2ccc(O)cc2)CC1. The second kappa shape index (κ2) is 6.63. The highest BCUT2D eigenvalue weighted by molar-refractivity contribution is 6.04. The van der Waals surface area contributed by atoms with Crippen LogP contribution in [-0.2, 0) is 0 Å². The topological polar surface area (TPSA) is 86.3 Å². The Kier molecular flexibility index (Phi) is 4.16. The van der Waals surface area contributed by atoms with E-state index in [4.69, 9.17) is 0 Å². The molecule has 0 spiro atoms. The number of piperidine rings is 1. The van der Waals surface area contributed by atoms with Crippen molar-refractivity contribution >= 4 is 16.7 Å². The smallest absolute Gasteiger partial charge is 0.274 e. The highest BCUT2D eigenvalue weighted by Gasteiger charge is 2.26. The molecule has 2 aromatic carbocycles. The zero-order valence-electron chi connectivity index (χ0n) is 14.2. The lowest BCUT2D eigenvalue weighted by Gasteiger charge is -2.32. The van der Waals surface area contributed by atoms with Crippen LogP contribution in [0.5, 0.6) is 5.75 Å². The van der Waals surface area contributed by atoms with E-state index in [0.29, 0.717) is 35.5 Å². The number of aromatic hydroxyl groups is 1. The Morgan fingerprint density at radius 3 is 2.38 bits per heavy atom. The normalized spacial score (nSPS) is 15.3. The number of H-pyrrole nitrogens is 1. The number of aromatic amines is 1. The van der Waals surface area contributed by atoms with Gasteiger partial charge in [0, 0.05) is 18.5 Å². The van der Waals surface area contributed by atoms with E-state index in [2.05, 4.69) is 10.2 Å². The van der Waals surface area contributed by atoms with Gasteiger partial charge in [-0.25, -0.2) is 5.10 Å². The highest BCUT2D eigenvalue weighted by atomic mass is 16.3. The maximum atomic E-state index is 12.9. The number of hydrogen-bond donors (Lipinski definition) is 2. The molecule has 0 unspecified atom stereocenters. The van der Waals surface area contributed by atoms with Gasteiger partial charge >= 0.3 is 0 Å². The molecule has 2 N–H and O–H groups in total. The average molecular weight is 349 g/mol. The number of hydrogen-bond acceptors (Lipinski definition) is 4. The van der Waals surface area contributed by atoms with Crippen molar-refractivity contribution in [1.29, 1.82) is 0 Å². The summed E-state index contributed by atoms with van der Waals surface area (Å²) in [6.07, 6.45) is 1.72. The predicted molar refractivity (Wildman–Crippen MR) is 98.3 cm³/mol. The first-order valence-corrected chi connectivity index (χ1v) is 8.69. The lowest BCUT2D eigenvalue weighted by atomic mass is 9.89. The maximum Gasteiger partial charge on any atom is 0.274 e. The van der Waals surface area contributed by atoms with Crippen molar-refractivity contribution in [3.05, 3.63) is 70.1 Å². The van der Waals surface area contributed by atoms with E-state index in [9.17, 15) is 14.7 Å². The molecule has 1 fully saturated rings. The average Bonchev–Trinajstić information content (AvgIpc) is 2.69. The minimum Gasteiger partial charge on any atom is -0.508 e. The summed E-state index contributed by atoms with van der Waals surface area (Å²) >= 11 is 0. The first kappa shape index (κ1) is 16.3. The Hall–Kier alpha value is -3.15. The summed E-state index contributed by atoms with van der Waals surface area (Å²) in [5, 5.41) is 16.9. The van der Waals surface area contributed by atoms with E-state index < -0.39 is 0 Å². The van der Waals surface area contributed by atoms with Gasteiger partial charge in [-0.2, -0.15) is 5.10 Å². The third-order valence-corrected chi connectivity index (χ3v) is 5.05. The number of rotatable bonds is 2. The number of phenols is 1. The Labute approximate surface area is 150 Å². The molecule has 132 valence electrons. The fourth-order valence-corrected chi connectivity index (χ4v) is 3.59. The molecule has 6 nitrogen and oxygen atoms in total. The summed E-state index contributed by atoms with van der Waals surface area (Å²) in [6, 6.07) is 14.3. The van der Waals surface area contributed by atoms with Gasteiger partial charge < -0.3 is 10.0 Å². The summed E-state index contributed by atoms with van der Waals surface area (Å²) in [4.78, 5) is 26.6. The zero-order valence-corrected chi connectivity index (χ0v) is 14.2. The van der Waals surface area contributed by atoms with Crippen LogP contribution in [0.1, 0.15) is 34.8 Å². The number of likely N-dealkylation sites (tertiary alicyclic amines) is 1. The third-order valence-electron chi connectivity index (χ3n) is 5.05. The van der Waals surface area contributed by atoms with Crippen molar-refractivity contribution in [3.63, 3.8) is 0 Å². The van der Waals surface area contributed by atoms with Crippen molar-refractivity contribution in [1.82, 2.24) is 15.1 Å². The number of fused-ring (bicyclic) bond motifs is 1. The summed E-state index contributed by atoms with van der Waals surface area (Å²) in [7, 11) is 0. The van der Waals surface area contributed by atoms with E-state index in [1.54, 1.807) is 41.3 Å². The number of nitrogens with zero attached hydrogens (tertiary/aromatic N) is 2. The highest BCUT2D eigenvalue weighted by Crippen LogP contribution is 2.29. The van der Waals surface area contributed by atoms with Gasteiger partial charge in [-0.3, -0.25) is 9.59 Å². The number of carbonyl (C=O) groups is 1. The lowest BCUT2D eigenvalue weighted by molar-refractivity contribution is 0.0708. The van der Waals surface area contributed by atoms with Crippen molar-refractivity contribution in [2.45, 2.75) is 18.8 Å². The van der Waals surface area contributed by atoms with Gasteiger partial charge in [-0.15, -0.1) is 0 Å². The van der Waals surface area contributed by atoms with E-state index in [-0.39, 0.29) is 17.2 Å². The summed E-state index contributed by atoms with van der Waals surface area (Å²) < 4.78 is 0. The van der Waals surface area contributed by atoms with Crippen LogP contribution >= 0.6 is 0 Å². The standard InChI is InChI=1S/C20H19N3O3/c24-15-7-5-13(6-8-15)14-9-11-23(12-10-14)20(26)18-16-3-1-2-4-17(16)19(25)22-21-18/h1-8,14,24H,9-12H2,(H,22,25). The minimum atomic E-state index is -0.289. The fraction of sp³-hybridized carbons (Fsp3) is 0.250. The molecule has 1 aliphatic rings. The monoisotopic (exact) mass is 349 g/mol. The van der Waals surface area contributed by atoms with Crippen LogP contribution in [0, 0.1) is 0 Å². The molecule has 1 aliphatic heterocycles. The van der Waals surface area contributed by atoms with Gasteiger partial charge in [-0.1, -0.05) is 30.3 Å². The molecule has 26 heavy (non-hydrogen) atoms. The summed E-state index contributed by atoms with van der Waals surface area (Å²) in [5.74, 6) is 0.485. The van der Waals surface area contributed by atoms with E-state index in [1.165, 1.54) is 5.56 Å². The van der Waals surface area contributed by atoms with Crippen LogP contribution in [-0.4, -0.2) is 39.2 Å². The molecule has 6 heteroatoms. The van der Waals surface area contributed by atoms with Crippen molar-refractivity contribution < 1.29 is 9.90 Å². The quantitative estimate of drug-likeness (QED) is 0.745. The molecule has 0 aliphatic carbocycles. The Balaban J connectivity index is 1.53. The molecule has 0 radical (unpaired) electrons. The van der Waals surface area contributed by atoms with Gasteiger partial charge in [0.25, 0.3) is 11.5 Å². The predicted octanol–water partition coefficient (Wildman–Crippen LogP) is 2.65. The van der Waals surface area contributed by atoms with Gasteiger partial charge in [0.05, 0.1) is 5.39 Å². The molecular weight excluding hydrogens is 330 g/mol.